The van der Waals surface area contributed by atoms with Gasteiger partial charge in [0.1, 0.15) is 11.1 Å². The Hall–Kier alpha value is -2.96. The molecule has 3 rings (SSSR count). The Morgan fingerprint density at radius 2 is 2.19 bits per heavy atom. The molecule has 0 aliphatic heterocycles. The van der Waals surface area contributed by atoms with Crippen LogP contribution in [0.25, 0.3) is 11.4 Å². The van der Waals surface area contributed by atoms with Gasteiger partial charge >= 0.3 is 0 Å². The van der Waals surface area contributed by atoms with Crippen molar-refractivity contribution < 1.29 is 4.79 Å². The van der Waals surface area contributed by atoms with E-state index >= 15 is 0 Å². The third kappa shape index (κ3) is 3.99. The lowest BCUT2D eigenvalue weighted by Crippen LogP contribution is -2.14. The molecule has 26 heavy (non-hydrogen) atoms. The van der Waals surface area contributed by atoms with E-state index in [-0.39, 0.29) is 11.7 Å². The second-order valence-corrected chi connectivity index (χ2v) is 6.91. The van der Waals surface area contributed by atoms with Gasteiger partial charge in [0.05, 0.1) is 11.3 Å². The number of amides is 1. The molecule has 0 aliphatic carbocycles. The van der Waals surface area contributed by atoms with Crippen molar-refractivity contribution in [1.29, 1.82) is 5.26 Å². The summed E-state index contributed by atoms with van der Waals surface area (Å²) in [6.45, 7) is 4.30. The van der Waals surface area contributed by atoms with E-state index in [1.165, 1.54) is 23.1 Å². The monoisotopic (exact) mass is 382 g/mol. The Bertz CT molecular complexity index is 957. The summed E-state index contributed by atoms with van der Waals surface area (Å²) in [5.74, 6) is 0.654. The van der Waals surface area contributed by atoms with Crippen LogP contribution in [0.5, 0.6) is 0 Å². The molecular formula is C17H14N6OS2. The van der Waals surface area contributed by atoms with E-state index < -0.39 is 0 Å². The lowest BCUT2D eigenvalue weighted by atomic mass is 10.2. The molecule has 0 fully saturated rings. The first-order valence-corrected chi connectivity index (χ1v) is 9.44. The maximum absolute atomic E-state index is 12.2. The van der Waals surface area contributed by atoms with E-state index in [1.807, 2.05) is 22.8 Å². The van der Waals surface area contributed by atoms with Crippen molar-refractivity contribution in [3.05, 3.63) is 54.2 Å². The first kappa shape index (κ1) is 17.8. The van der Waals surface area contributed by atoms with Crippen LogP contribution in [0.1, 0.15) is 5.56 Å². The summed E-state index contributed by atoms with van der Waals surface area (Å²) in [6.07, 6.45) is 5.13. The van der Waals surface area contributed by atoms with Crippen LogP contribution in [0, 0.1) is 11.3 Å². The average Bonchev–Trinajstić information content (AvgIpc) is 3.27. The number of rotatable bonds is 7. The zero-order chi connectivity index (χ0) is 18.4. The molecule has 0 saturated heterocycles. The van der Waals surface area contributed by atoms with Gasteiger partial charge in [0, 0.05) is 24.5 Å². The fourth-order valence-electron chi connectivity index (χ4n) is 2.19. The molecule has 3 aromatic rings. The SMILES string of the molecule is C=CCn1c(SCC(=O)Nc2sccc2C#N)nnc1-c1ccncc1. The quantitative estimate of drug-likeness (QED) is 0.498. The number of pyridine rings is 1. The standard InChI is InChI=1S/C17H14N6OS2/c1-2-8-23-15(12-3-6-19-7-4-12)21-22-17(23)26-11-14(24)20-16-13(10-18)5-9-25-16/h2-7,9H,1,8,11H2,(H,20,24). The fourth-order valence-corrected chi connectivity index (χ4v) is 3.69. The molecular weight excluding hydrogens is 368 g/mol. The summed E-state index contributed by atoms with van der Waals surface area (Å²) in [6, 6.07) is 7.43. The van der Waals surface area contributed by atoms with Crippen LogP contribution >= 0.6 is 23.1 Å². The fraction of sp³-hybridized carbons (Fsp3) is 0.118. The number of allylic oxidation sites excluding steroid dienone is 1. The number of carbonyl (C=O) groups is 1. The summed E-state index contributed by atoms with van der Waals surface area (Å²) < 4.78 is 1.89. The van der Waals surface area contributed by atoms with Gasteiger partial charge in [-0.25, -0.2) is 0 Å². The number of nitriles is 1. The van der Waals surface area contributed by atoms with Gasteiger partial charge in [-0.1, -0.05) is 17.8 Å². The number of anilines is 1. The summed E-state index contributed by atoms with van der Waals surface area (Å²) in [7, 11) is 0. The smallest absolute Gasteiger partial charge is 0.235 e. The Morgan fingerprint density at radius 3 is 2.92 bits per heavy atom. The molecule has 7 nitrogen and oxygen atoms in total. The lowest BCUT2D eigenvalue weighted by Gasteiger charge is -2.07. The number of hydrogen-bond acceptors (Lipinski definition) is 7. The van der Waals surface area contributed by atoms with Gasteiger partial charge in [-0.3, -0.25) is 14.3 Å². The normalized spacial score (nSPS) is 10.3. The molecule has 1 amide bonds. The molecule has 1 N–H and O–H groups in total. The number of carbonyl (C=O) groups excluding carboxylic acids is 1. The van der Waals surface area contributed by atoms with E-state index in [0.29, 0.717) is 28.1 Å². The predicted octanol–water partition coefficient (Wildman–Crippen LogP) is 3.19. The van der Waals surface area contributed by atoms with Crippen molar-refractivity contribution in [3.63, 3.8) is 0 Å². The Morgan fingerprint density at radius 1 is 1.38 bits per heavy atom. The maximum atomic E-state index is 12.2. The van der Waals surface area contributed by atoms with E-state index in [4.69, 9.17) is 5.26 Å². The third-order valence-corrected chi connectivity index (χ3v) is 5.13. The number of thiophene rings is 1. The average molecular weight is 382 g/mol. The highest BCUT2D eigenvalue weighted by Gasteiger charge is 2.15. The minimum absolute atomic E-state index is 0.161. The molecule has 0 spiro atoms. The lowest BCUT2D eigenvalue weighted by molar-refractivity contribution is -0.113. The summed E-state index contributed by atoms with van der Waals surface area (Å²) in [4.78, 5) is 16.2. The van der Waals surface area contributed by atoms with Crippen molar-refractivity contribution in [2.45, 2.75) is 11.7 Å². The number of nitrogens with one attached hydrogen (secondary N) is 1. The molecule has 0 radical (unpaired) electrons. The Kier molecular flexibility index (Phi) is 5.78. The first-order valence-electron chi connectivity index (χ1n) is 7.57. The van der Waals surface area contributed by atoms with Crippen molar-refractivity contribution in [1.82, 2.24) is 19.7 Å². The molecule has 0 unspecified atom stereocenters. The van der Waals surface area contributed by atoms with E-state index in [0.717, 1.165) is 5.56 Å². The van der Waals surface area contributed by atoms with Gasteiger partial charge in [-0.2, -0.15) is 5.26 Å². The van der Waals surface area contributed by atoms with E-state index in [2.05, 4.69) is 27.1 Å². The van der Waals surface area contributed by atoms with Gasteiger partial charge in [0.15, 0.2) is 11.0 Å². The van der Waals surface area contributed by atoms with Crippen molar-refractivity contribution >= 4 is 34.0 Å². The molecule has 0 aliphatic rings. The topological polar surface area (TPSA) is 96.5 Å². The van der Waals surface area contributed by atoms with Crippen LogP contribution in [0.2, 0.25) is 0 Å². The van der Waals surface area contributed by atoms with Crippen LogP contribution in [0.4, 0.5) is 5.00 Å². The molecule has 0 atom stereocenters. The first-order chi connectivity index (χ1) is 12.7. The van der Waals surface area contributed by atoms with Crippen LogP contribution in [-0.2, 0) is 11.3 Å². The molecule has 0 saturated carbocycles. The molecule has 3 heterocycles. The van der Waals surface area contributed by atoms with Crippen molar-refractivity contribution in [3.8, 4) is 17.5 Å². The minimum Gasteiger partial charge on any atom is -0.316 e. The van der Waals surface area contributed by atoms with Gasteiger partial charge in [0.2, 0.25) is 5.91 Å². The predicted molar refractivity (Wildman–Crippen MR) is 102 cm³/mol. The van der Waals surface area contributed by atoms with Crippen LogP contribution < -0.4 is 5.32 Å². The minimum atomic E-state index is -0.201. The van der Waals surface area contributed by atoms with Crippen molar-refractivity contribution in [2.75, 3.05) is 11.1 Å². The van der Waals surface area contributed by atoms with Gasteiger partial charge in [-0.05, 0) is 23.6 Å². The molecule has 0 bridgehead atoms. The number of hydrogen-bond donors (Lipinski definition) is 1. The number of nitrogens with zero attached hydrogens (tertiary/aromatic N) is 5. The highest BCUT2D eigenvalue weighted by atomic mass is 32.2. The second-order valence-electron chi connectivity index (χ2n) is 5.05. The summed E-state index contributed by atoms with van der Waals surface area (Å²) >= 11 is 2.60. The number of aromatic nitrogens is 4. The number of thioether (sulfide) groups is 1. The van der Waals surface area contributed by atoms with Crippen LogP contribution in [-0.4, -0.2) is 31.4 Å². The summed E-state index contributed by atoms with van der Waals surface area (Å²) in [5.41, 5.74) is 1.35. The zero-order valence-corrected chi connectivity index (χ0v) is 15.3. The third-order valence-electron chi connectivity index (χ3n) is 3.34. The molecule has 9 heteroatoms. The van der Waals surface area contributed by atoms with Crippen LogP contribution in [0.3, 0.4) is 0 Å². The van der Waals surface area contributed by atoms with Gasteiger partial charge in [-0.15, -0.1) is 28.1 Å². The van der Waals surface area contributed by atoms with E-state index in [9.17, 15) is 4.79 Å². The van der Waals surface area contributed by atoms with Crippen molar-refractivity contribution in [2.24, 2.45) is 0 Å². The highest BCUT2D eigenvalue weighted by Crippen LogP contribution is 2.25. The second kappa shape index (κ2) is 8.42. The van der Waals surface area contributed by atoms with Crippen LogP contribution in [0.15, 0.2) is 53.8 Å². The van der Waals surface area contributed by atoms with Gasteiger partial charge in [0.25, 0.3) is 0 Å². The summed E-state index contributed by atoms with van der Waals surface area (Å²) in [5, 5.41) is 23.1. The Labute approximate surface area is 158 Å². The highest BCUT2D eigenvalue weighted by molar-refractivity contribution is 7.99. The largest absolute Gasteiger partial charge is 0.316 e. The Balaban J connectivity index is 1.72. The molecule has 0 aromatic carbocycles. The molecule has 3 aromatic heterocycles. The zero-order valence-electron chi connectivity index (χ0n) is 13.6. The van der Waals surface area contributed by atoms with E-state index in [1.54, 1.807) is 29.9 Å². The van der Waals surface area contributed by atoms with Gasteiger partial charge < -0.3 is 5.32 Å². The maximum Gasteiger partial charge on any atom is 0.235 e. The molecule has 130 valence electrons.